The molecule has 0 radical (unpaired) electrons. The molecule has 20 heavy (non-hydrogen) atoms. The molecule has 1 amide bonds. The lowest BCUT2D eigenvalue weighted by atomic mass is 9.89. The average Bonchev–Trinajstić information content (AvgIpc) is 2.45. The molecule has 1 aromatic carbocycles. The molecular weight excluding hydrogens is 258 g/mol. The number of rotatable bonds is 3. The van der Waals surface area contributed by atoms with Gasteiger partial charge >= 0.3 is 0 Å². The summed E-state index contributed by atoms with van der Waals surface area (Å²) in [7, 11) is 0. The van der Waals surface area contributed by atoms with Gasteiger partial charge in [-0.2, -0.15) is 5.10 Å². The zero-order valence-electron chi connectivity index (χ0n) is 11.3. The molecule has 0 aromatic heterocycles. The van der Waals surface area contributed by atoms with Gasteiger partial charge in [0, 0.05) is 11.8 Å². The molecular formula is C14H17N3O3. The molecule has 0 heterocycles. The number of nitrogens with zero attached hydrogens (tertiary/aromatic N) is 2. The lowest BCUT2D eigenvalue weighted by Gasteiger charge is -2.18. The van der Waals surface area contributed by atoms with Crippen molar-refractivity contribution in [2.45, 2.75) is 32.6 Å². The molecule has 1 fully saturated rings. The SMILES string of the molecule is C[C@@H]1CCC/C(=N/NC(=O)c2ccccc2[N+](=O)[O-])C1. The topological polar surface area (TPSA) is 84.6 Å². The highest BCUT2D eigenvalue weighted by Crippen LogP contribution is 2.21. The summed E-state index contributed by atoms with van der Waals surface area (Å²) in [6.45, 7) is 2.15. The highest BCUT2D eigenvalue weighted by molar-refractivity contribution is 5.99. The van der Waals surface area contributed by atoms with Crippen molar-refractivity contribution < 1.29 is 9.72 Å². The second-order valence-electron chi connectivity index (χ2n) is 5.09. The van der Waals surface area contributed by atoms with Crippen molar-refractivity contribution in [2.75, 3.05) is 0 Å². The molecule has 1 N–H and O–H groups in total. The van der Waals surface area contributed by atoms with Crippen LogP contribution in [0, 0.1) is 16.0 Å². The molecule has 1 atom stereocenters. The number of benzene rings is 1. The minimum atomic E-state index is -0.565. The zero-order chi connectivity index (χ0) is 14.5. The molecule has 1 saturated carbocycles. The molecule has 1 aromatic rings. The first-order chi connectivity index (χ1) is 9.58. The third-order valence-corrected chi connectivity index (χ3v) is 3.41. The van der Waals surface area contributed by atoms with Gasteiger partial charge in [-0.05, 0) is 37.7 Å². The van der Waals surface area contributed by atoms with E-state index in [2.05, 4.69) is 17.5 Å². The number of carbonyl (C=O) groups is 1. The van der Waals surface area contributed by atoms with Crippen molar-refractivity contribution in [1.82, 2.24) is 5.43 Å². The summed E-state index contributed by atoms with van der Waals surface area (Å²) in [5.41, 5.74) is 3.21. The second kappa shape index (κ2) is 6.27. The van der Waals surface area contributed by atoms with Gasteiger partial charge < -0.3 is 0 Å². The maximum Gasteiger partial charge on any atom is 0.282 e. The smallest absolute Gasteiger partial charge is 0.267 e. The van der Waals surface area contributed by atoms with Crippen LogP contribution in [0.15, 0.2) is 29.4 Å². The highest BCUT2D eigenvalue weighted by atomic mass is 16.6. The predicted octanol–water partition coefficient (Wildman–Crippen LogP) is 2.89. The largest absolute Gasteiger partial charge is 0.282 e. The number of nitrogens with one attached hydrogen (secondary N) is 1. The van der Waals surface area contributed by atoms with Crippen LogP contribution >= 0.6 is 0 Å². The third kappa shape index (κ3) is 3.40. The van der Waals surface area contributed by atoms with E-state index in [0.717, 1.165) is 25.0 Å². The molecule has 1 aliphatic carbocycles. The zero-order valence-corrected chi connectivity index (χ0v) is 11.3. The normalized spacial score (nSPS) is 20.6. The first kappa shape index (κ1) is 14.2. The predicted molar refractivity (Wildman–Crippen MR) is 75.6 cm³/mol. The Balaban J connectivity index is 2.09. The van der Waals surface area contributed by atoms with Crippen molar-refractivity contribution in [1.29, 1.82) is 0 Å². The summed E-state index contributed by atoms with van der Waals surface area (Å²) in [6.07, 6.45) is 4.00. The summed E-state index contributed by atoms with van der Waals surface area (Å²) in [5, 5.41) is 15.0. The van der Waals surface area contributed by atoms with Crippen LogP contribution in [-0.4, -0.2) is 16.5 Å². The molecule has 106 valence electrons. The van der Waals surface area contributed by atoms with Gasteiger partial charge in [0.05, 0.1) is 4.92 Å². The second-order valence-corrected chi connectivity index (χ2v) is 5.09. The lowest BCUT2D eigenvalue weighted by Crippen LogP contribution is -2.23. The van der Waals surface area contributed by atoms with Crippen LogP contribution in [0.2, 0.25) is 0 Å². The van der Waals surface area contributed by atoms with E-state index in [4.69, 9.17) is 0 Å². The average molecular weight is 275 g/mol. The molecule has 1 aliphatic rings. The van der Waals surface area contributed by atoms with Crippen LogP contribution in [0.3, 0.4) is 0 Å². The van der Waals surface area contributed by atoms with Crippen molar-refractivity contribution in [2.24, 2.45) is 11.0 Å². The fourth-order valence-corrected chi connectivity index (χ4v) is 2.38. The van der Waals surface area contributed by atoms with Gasteiger partial charge in [-0.1, -0.05) is 19.1 Å². The number of nitro groups is 1. The Labute approximate surface area is 117 Å². The molecule has 2 rings (SSSR count). The van der Waals surface area contributed by atoms with E-state index in [1.54, 1.807) is 6.07 Å². The van der Waals surface area contributed by atoms with Gasteiger partial charge in [0.25, 0.3) is 11.6 Å². The number of nitro benzene ring substituents is 1. The van der Waals surface area contributed by atoms with Crippen molar-refractivity contribution in [3.8, 4) is 0 Å². The molecule has 0 spiro atoms. The monoisotopic (exact) mass is 275 g/mol. The first-order valence-electron chi connectivity index (χ1n) is 6.67. The van der Waals surface area contributed by atoms with E-state index in [9.17, 15) is 14.9 Å². The Morgan fingerprint density at radius 2 is 2.20 bits per heavy atom. The Morgan fingerprint density at radius 3 is 2.90 bits per heavy atom. The van der Waals surface area contributed by atoms with E-state index in [-0.39, 0.29) is 11.3 Å². The molecule has 0 unspecified atom stereocenters. The van der Waals surface area contributed by atoms with Crippen LogP contribution in [0.4, 0.5) is 5.69 Å². The van der Waals surface area contributed by atoms with Crippen LogP contribution in [0.25, 0.3) is 0 Å². The number of para-hydroxylation sites is 1. The molecule has 0 saturated heterocycles. The maximum atomic E-state index is 12.0. The highest BCUT2D eigenvalue weighted by Gasteiger charge is 2.19. The van der Waals surface area contributed by atoms with Crippen LogP contribution in [0.1, 0.15) is 43.0 Å². The number of hydrogen-bond donors (Lipinski definition) is 1. The summed E-state index contributed by atoms with van der Waals surface area (Å²) >= 11 is 0. The maximum absolute atomic E-state index is 12.0. The fraction of sp³-hybridized carbons (Fsp3) is 0.429. The van der Waals surface area contributed by atoms with E-state index in [0.29, 0.717) is 5.92 Å². The van der Waals surface area contributed by atoms with Crippen LogP contribution in [0.5, 0.6) is 0 Å². The van der Waals surface area contributed by atoms with E-state index >= 15 is 0 Å². The molecule has 0 bridgehead atoms. The molecule has 6 heteroatoms. The van der Waals surface area contributed by atoms with Gasteiger partial charge in [-0.15, -0.1) is 0 Å². The summed E-state index contributed by atoms with van der Waals surface area (Å²) in [6, 6.07) is 5.86. The fourth-order valence-electron chi connectivity index (χ4n) is 2.38. The van der Waals surface area contributed by atoms with Crippen molar-refractivity contribution in [3.05, 3.63) is 39.9 Å². The van der Waals surface area contributed by atoms with Crippen molar-refractivity contribution in [3.63, 3.8) is 0 Å². The standard InChI is InChI=1S/C14H17N3O3/c1-10-5-4-6-11(9-10)15-16-14(18)12-7-2-3-8-13(12)17(19)20/h2-3,7-8,10H,4-6,9H2,1H3,(H,16,18)/b15-11-/t10-/m1/s1. The summed E-state index contributed by atoms with van der Waals surface area (Å²) in [4.78, 5) is 22.3. The van der Waals surface area contributed by atoms with Gasteiger partial charge in [0.15, 0.2) is 0 Å². The minimum absolute atomic E-state index is 0.0331. The lowest BCUT2D eigenvalue weighted by molar-refractivity contribution is -0.385. The van der Waals surface area contributed by atoms with Gasteiger partial charge in [-0.25, -0.2) is 5.43 Å². The van der Waals surface area contributed by atoms with Gasteiger partial charge in [0.1, 0.15) is 5.56 Å². The number of hydrogen-bond acceptors (Lipinski definition) is 4. The summed E-state index contributed by atoms with van der Waals surface area (Å²) < 4.78 is 0. The van der Waals surface area contributed by atoms with E-state index in [1.807, 2.05) is 0 Å². The van der Waals surface area contributed by atoms with Gasteiger partial charge in [-0.3, -0.25) is 14.9 Å². The quantitative estimate of drug-likeness (QED) is 0.680. The third-order valence-electron chi connectivity index (χ3n) is 3.41. The first-order valence-corrected chi connectivity index (χ1v) is 6.67. The number of carbonyl (C=O) groups excluding carboxylic acids is 1. The van der Waals surface area contributed by atoms with Crippen molar-refractivity contribution >= 4 is 17.3 Å². The minimum Gasteiger partial charge on any atom is -0.267 e. The van der Waals surface area contributed by atoms with E-state index < -0.39 is 10.8 Å². The molecule has 0 aliphatic heterocycles. The van der Waals surface area contributed by atoms with Gasteiger partial charge in [0.2, 0.25) is 0 Å². The number of amides is 1. The number of hydrazone groups is 1. The van der Waals surface area contributed by atoms with Crippen LogP contribution in [-0.2, 0) is 0 Å². The molecule has 6 nitrogen and oxygen atoms in total. The Hall–Kier alpha value is -2.24. The summed E-state index contributed by atoms with van der Waals surface area (Å²) in [5.74, 6) is 0.0356. The van der Waals surface area contributed by atoms with E-state index in [1.165, 1.54) is 24.6 Å². The Morgan fingerprint density at radius 1 is 1.45 bits per heavy atom. The Bertz CT molecular complexity index is 554. The Kier molecular flexibility index (Phi) is 4.45. The van der Waals surface area contributed by atoms with Crippen LogP contribution < -0.4 is 5.43 Å².